The Morgan fingerprint density at radius 2 is 1.40 bits per heavy atom. The van der Waals surface area contributed by atoms with Crippen molar-refractivity contribution in [3.05, 3.63) is 0 Å². The fourth-order valence-corrected chi connectivity index (χ4v) is 5.42. The Kier molecular flexibility index (Phi) is 9.56. The van der Waals surface area contributed by atoms with Gasteiger partial charge in [0.05, 0.1) is 0 Å². The van der Waals surface area contributed by atoms with Gasteiger partial charge in [0.2, 0.25) is 0 Å². The molecule has 0 amide bonds. The maximum atomic E-state index is 11.0. The summed E-state index contributed by atoms with van der Waals surface area (Å²) in [5, 5.41) is 3.77. The smallest absolute Gasteiger partial charge is 0.324 e. The minimum absolute atomic E-state index is 0.769. The van der Waals surface area contributed by atoms with Crippen LogP contribution in [0.2, 0.25) is 10.6 Å². The van der Waals surface area contributed by atoms with Crippen molar-refractivity contribution in [2.45, 2.75) is 63.9 Å². The summed E-state index contributed by atoms with van der Waals surface area (Å²) in [6, 6.07) is 0. The Labute approximate surface area is 100 Å². The third-order valence-electron chi connectivity index (χ3n) is 3.17. The normalized spacial score (nSPS) is 14.7. The third-order valence-corrected chi connectivity index (χ3v) is 6.37. The number of hydrogen-bond acceptors (Lipinski definition) is 1. The molecule has 2 atom stereocenters. The van der Waals surface area contributed by atoms with Gasteiger partial charge in [0.15, 0.2) is 0 Å². The molecule has 15 heavy (non-hydrogen) atoms. The molecule has 0 aliphatic heterocycles. The van der Waals surface area contributed by atoms with Crippen LogP contribution in [0.5, 0.6) is 0 Å². The lowest BCUT2D eigenvalue weighted by Crippen LogP contribution is -2.21. The molecule has 0 aliphatic rings. The molecule has 0 fully saturated rings. The van der Waals surface area contributed by atoms with Crippen LogP contribution in [0.15, 0.2) is 0 Å². The van der Waals surface area contributed by atoms with Gasteiger partial charge in [0.1, 0.15) is 0 Å². The average molecular weight is 226 g/mol. The van der Waals surface area contributed by atoms with Gasteiger partial charge in [-0.15, -0.1) is 0 Å². The number of rotatable bonds is 9. The maximum Gasteiger partial charge on any atom is 0.360 e. The number of carbonyl (C=O) groups is 1. The fourth-order valence-electron chi connectivity index (χ4n) is 2.46. The fraction of sp³-hybridized carbons (Fsp3) is 0.923. The molecule has 0 saturated carbocycles. The van der Waals surface area contributed by atoms with E-state index in [9.17, 15) is 4.79 Å². The first-order valence-electron chi connectivity index (χ1n) is 6.59. The molecule has 2 unspecified atom stereocenters. The highest BCUT2D eigenvalue weighted by Crippen LogP contribution is 2.19. The molecule has 0 saturated heterocycles. The largest absolute Gasteiger partial charge is 0.360 e. The van der Waals surface area contributed by atoms with Crippen molar-refractivity contribution in [3.8, 4) is 0 Å². The monoisotopic (exact) mass is 226 g/mol. The van der Waals surface area contributed by atoms with E-state index in [4.69, 9.17) is 0 Å². The molecule has 1 nitrogen and oxygen atoms in total. The summed E-state index contributed by atoms with van der Waals surface area (Å²) < 4.78 is 0. The van der Waals surface area contributed by atoms with Crippen LogP contribution in [0.3, 0.4) is 0 Å². The highest BCUT2D eigenvalue weighted by atomic mass is 27.2. The lowest BCUT2D eigenvalue weighted by atomic mass is 10.1. The van der Waals surface area contributed by atoms with Crippen LogP contribution in [0.4, 0.5) is 0 Å². The predicted octanol–water partition coefficient (Wildman–Crippen LogP) is 4.13. The van der Waals surface area contributed by atoms with Crippen LogP contribution in [0.25, 0.3) is 0 Å². The van der Waals surface area contributed by atoms with Crippen molar-refractivity contribution >= 4 is 19.3 Å². The van der Waals surface area contributed by atoms with Crippen molar-refractivity contribution in [1.29, 1.82) is 0 Å². The lowest BCUT2D eigenvalue weighted by molar-refractivity contribution is 0.542. The summed E-state index contributed by atoms with van der Waals surface area (Å²) in [5.74, 6) is 1.54. The molecule has 0 radical (unpaired) electrons. The Bertz CT molecular complexity index is 145. The van der Waals surface area contributed by atoms with E-state index in [2.05, 4.69) is 27.7 Å². The van der Waals surface area contributed by atoms with E-state index in [0.717, 1.165) is 11.8 Å². The average Bonchev–Trinajstić information content (AvgIpc) is 2.17. The van der Waals surface area contributed by atoms with Crippen molar-refractivity contribution in [2.75, 3.05) is 0 Å². The molecule has 0 rings (SSSR count). The van der Waals surface area contributed by atoms with Gasteiger partial charge in [-0.1, -0.05) is 75.8 Å². The Balaban J connectivity index is 3.85. The summed E-state index contributed by atoms with van der Waals surface area (Å²) in [6.07, 6.45) is 5.09. The molecule has 0 heterocycles. The summed E-state index contributed by atoms with van der Waals surface area (Å²) in [7, 11) is 0. The van der Waals surface area contributed by atoms with Crippen LogP contribution in [0, 0.1) is 11.8 Å². The van der Waals surface area contributed by atoms with E-state index < -0.39 is 14.1 Å². The van der Waals surface area contributed by atoms with Gasteiger partial charge < -0.3 is 4.79 Å². The second kappa shape index (κ2) is 9.43. The minimum Gasteiger partial charge on any atom is -0.324 e. The summed E-state index contributed by atoms with van der Waals surface area (Å²) >= 11 is -1.07. The molecular weight excluding hydrogens is 199 g/mol. The number of hydrogen-bond donors (Lipinski definition) is 0. The Morgan fingerprint density at radius 3 is 1.67 bits per heavy atom. The van der Waals surface area contributed by atoms with E-state index >= 15 is 0 Å². The Hall–Kier alpha value is 0.202. The zero-order chi connectivity index (χ0) is 11.7. The highest BCUT2D eigenvalue weighted by molar-refractivity contribution is 6.84. The van der Waals surface area contributed by atoms with E-state index in [-0.39, 0.29) is 0 Å². The van der Waals surface area contributed by atoms with Crippen LogP contribution >= 0.6 is 0 Å². The van der Waals surface area contributed by atoms with Crippen molar-refractivity contribution < 1.29 is 4.79 Å². The molecule has 0 spiro atoms. The third kappa shape index (κ3) is 8.06. The molecule has 2 heteroatoms. The topological polar surface area (TPSA) is 17.1 Å². The summed E-state index contributed by atoms with van der Waals surface area (Å²) in [4.78, 5) is 11.0. The van der Waals surface area contributed by atoms with Crippen molar-refractivity contribution in [1.82, 2.24) is 0 Å². The Morgan fingerprint density at radius 1 is 1.00 bits per heavy atom. The van der Waals surface area contributed by atoms with Gasteiger partial charge in [0, 0.05) is 5.15 Å². The van der Waals surface area contributed by atoms with E-state index in [1.165, 1.54) is 41.4 Å². The summed E-state index contributed by atoms with van der Waals surface area (Å²) in [5.41, 5.74) is 0. The van der Waals surface area contributed by atoms with Gasteiger partial charge in [-0.3, -0.25) is 0 Å². The number of carbonyl (C=O) groups excluding carboxylic acids is 1. The van der Waals surface area contributed by atoms with E-state index in [1.807, 2.05) is 0 Å². The van der Waals surface area contributed by atoms with Gasteiger partial charge in [-0.2, -0.15) is 0 Å². The molecule has 0 N–H and O–H groups in total. The van der Waals surface area contributed by atoms with E-state index in [0.29, 0.717) is 0 Å². The lowest BCUT2D eigenvalue weighted by Gasteiger charge is -2.15. The van der Waals surface area contributed by atoms with Gasteiger partial charge in [-0.25, -0.2) is 0 Å². The molecule has 0 aromatic carbocycles. The van der Waals surface area contributed by atoms with Crippen LogP contribution in [-0.4, -0.2) is 19.3 Å². The first-order chi connectivity index (χ1) is 7.13. The molecule has 0 aromatic heterocycles. The minimum atomic E-state index is -1.07. The highest BCUT2D eigenvalue weighted by Gasteiger charge is 2.22. The first kappa shape index (κ1) is 15.2. The zero-order valence-corrected chi connectivity index (χ0v) is 12.1. The molecular formula is C13H27AlO. The second-order valence-corrected chi connectivity index (χ2v) is 7.89. The molecule has 0 aromatic rings. The second-order valence-electron chi connectivity index (χ2n) is 5.16. The van der Waals surface area contributed by atoms with Gasteiger partial charge >= 0.3 is 14.1 Å². The maximum absolute atomic E-state index is 11.0. The van der Waals surface area contributed by atoms with Gasteiger partial charge in [0.25, 0.3) is 0 Å². The first-order valence-corrected chi connectivity index (χ1v) is 8.89. The van der Waals surface area contributed by atoms with Crippen molar-refractivity contribution in [2.24, 2.45) is 11.8 Å². The van der Waals surface area contributed by atoms with Crippen LogP contribution < -0.4 is 0 Å². The molecule has 0 aliphatic carbocycles. The van der Waals surface area contributed by atoms with Gasteiger partial charge in [-0.05, 0) is 0 Å². The quantitative estimate of drug-likeness (QED) is 0.427. The standard InChI is InChI=1S/2C6H13.CHO.Al/c2*1-4-5-6(2)3;1-2;/h2*6H,2,4-5H2,1,3H3;1H;. The SMILES string of the molecule is CCCC(C)[CH2][Al]([CH]=O)[CH2]C(C)CCC. The van der Waals surface area contributed by atoms with Crippen LogP contribution in [-0.2, 0) is 4.79 Å². The van der Waals surface area contributed by atoms with Crippen LogP contribution in [0.1, 0.15) is 53.4 Å². The van der Waals surface area contributed by atoms with E-state index in [1.54, 1.807) is 0 Å². The molecule has 0 bridgehead atoms. The summed E-state index contributed by atoms with van der Waals surface area (Å²) in [6.45, 7) is 9.07. The molecule has 88 valence electrons. The van der Waals surface area contributed by atoms with Crippen molar-refractivity contribution in [3.63, 3.8) is 0 Å². The predicted molar refractivity (Wildman–Crippen MR) is 70.3 cm³/mol. The zero-order valence-electron chi connectivity index (χ0n) is 11.0.